The Balaban J connectivity index is 1.59. The first-order valence-electron chi connectivity index (χ1n) is 8.98. The number of rotatable bonds is 7. The fourth-order valence-electron chi connectivity index (χ4n) is 3.20. The van der Waals surface area contributed by atoms with E-state index in [2.05, 4.69) is 38.1 Å². The van der Waals surface area contributed by atoms with Gasteiger partial charge in [0.1, 0.15) is 0 Å². The Morgan fingerprint density at radius 3 is 2.28 bits per heavy atom. The van der Waals surface area contributed by atoms with Crippen LogP contribution in [-0.4, -0.2) is 16.6 Å². The van der Waals surface area contributed by atoms with Crippen molar-refractivity contribution in [2.45, 2.75) is 46.0 Å². The Kier molecular flexibility index (Phi) is 4.86. The van der Waals surface area contributed by atoms with Crippen LogP contribution in [0, 0.1) is 6.92 Å². The smallest absolute Gasteiger partial charge is 0.274 e. The average molecular weight is 371 g/mol. The van der Waals surface area contributed by atoms with Gasteiger partial charge in [-0.2, -0.15) is 0 Å². The van der Waals surface area contributed by atoms with Crippen LogP contribution in [0.3, 0.4) is 0 Å². The third kappa shape index (κ3) is 3.35. The second-order valence-corrected chi connectivity index (χ2v) is 8.62. The summed E-state index contributed by atoms with van der Waals surface area (Å²) in [4.78, 5) is 9.46. The van der Waals surface area contributed by atoms with E-state index >= 15 is 0 Å². The fraction of sp³-hybridized carbons (Fsp3) is 0.400. The van der Waals surface area contributed by atoms with Gasteiger partial charge in [0.25, 0.3) is 5.19 Å². The first-order chi connectivity index (χ1) is 12.3. The molecule has 2 heterocycles. The molecular weight excluding hydrogens is 348 g/mol. The average Bonchev–Trinajstić information content (AvgIpc) is 3.19. The quantitative estimate of drug-likeness (QED) is 0.339. The lowest BCUT2D eigenvalue weighted by Gasteiger charge is -2.01. The first-order valence-corrected chi connectivity index (χ1v) is 10.6. The van der Waals surface area contributed by atoms with Gasteiger partial charge < -0.3 is 4.74 Å². The van der Waals surface area contributed by atoms with E-state index in [1.165, 1.54) is 45.9 Å². The minimum atomic E-state index is 0.761. The number of thiazole rings is 2. The largest absolute Gasteiger partial charge is 0.470 e. The van der Waals surface area contributed by atoms with Crippen molar-refractivity contribution in [2.75, 3.05) is 6.61 Å². The van der Waals surface area contributed by atoms with Crippen LogP contribution >= 0.6 is 22.7 Å². The molecule has 25 heavy (non-hydrogen) atoms. The number of fused-ring (bicyclic) bond motifs is 5. The van der Waals surface area contributed by atoms with E-state index in [4.69, 9.17) is 14.7 Å². The summed E-state index contributed by atoms with van der Waals surface area (Å²) in [5, 5.41) is 4.25. The van der Waals surface area contributed by atoms with Gasteiger partial charge in [-0.1, -0.05) is 56.1 Å². The van der Waals surface area contributed by atoms with E-state index in [1.807, 2.05) is 0 Å². The Hall–Kier alpha value is -1.72. The second-order valence-electron chi connectivity index (χ2n) is 6.40. The topological polar surface area (TPSA) is 35.0 Å². The van der Waals surface area contributed by atoms with E-state index in [1.54, 1.807) is 22.7 Å². The Morgan fingerprint density at radius 2 is 1.52 bits per heavy atom. The third-order valence-corrected chi connectivity index (χ3v) is 6.34. The van der Waals surface area contributed by atoms with Gasteiger partial charge >= 0.3 is 0 Å². The Labute approximate surface area is 155 Å². The second kappa shape index (κ2) is 7.26. The number of nitrogens with zero attached hydrogens (tertiary/aromatic N) is 2. The molecular formula is C20H22N2OS2. The van der Waals surface area contributed by atoms with Crippen LogP contribution in [0.1, 0.15) is 44.0 Å². The molecule has 2 aromatic heterocycles. The number of hydrogen-bond donors (Lipinski definition) is 0. The van der Waals surface area contributed by atoms with Gasteiger partial charge in [0, 0.05) is 10.8 Å². The van der Waals surface area contributed by atoms with Crippen LogP contribution in [0.5, 0.6) is 5.19 Å². The van der Waals surface area contributed by atoms with Gasteiger partial charge in [0.2, 0.25) is 0 Å². The lowest BCUT2D eigenvalue weighted by Crippen LogP contribution is -1.96. The van der Waals surface area contributed by atoms with Crippen LogP contribution in [0.4, 0.5) is 0 Å². The highest BCUT2D eigenvalue weighted by molar-refractivity contribution is 7.20. The summed E-state index contributed by atoms with van der Waals surface area (Å²) < 4.78 is 8.32. The molecule has 4 aromatic rings. The maximum Gasteiger partial charge on any atom is 0.274 e. The van der Waals surface area contributed by atoms with Gasteiger partial charge in [0.05, 0.1) is 32.0 Å². The molecule has 0 aliphatic carbocycles. The zero-order chi connectivity index (χ0) is 17.2. The molecule has 130 valence electrons. The molecule has 2 aromatic carbocycles. The van der Waals surface area contributed by atoms with E-state index < -0.39 is 0 Å². The van der Waals surface area contributed by atoms with E-state index in [0.717, 1.165) is 34.3 Å². The molecule has 0 bridgehead atoms. The van der Waals surface area contributed by atoms with Crippen molar-refractivity contribution in [2.24, 2.45) is 0 Å². The predicted molar refractivity (Wildman–Crippen MR) is 109 cm³/mol. The number of benzene rings is 2. The van der Waals surface area contributed by atoms with Crippen molar-refractivity contribution in [3.05, 3.63) is 29.3 Å². The summed E-state index contributed by atoms with van der Waals surface area (Å²) in [6.07, 6.45) is 6.24. The summed E-state index contributed by atoms with van der Waals surface area (Å²) in [7, 11) is 0. The van der Waals surface area contributed by atoms with E-state index in [0.29, 0.717) is 0 Å². The summed E-state index contributed by atoms with van der Waals surface area (Å²) in [6, 6.07) is 8.66. The van der Waals surface area contributed by atoms with Crippen LogP contribution in [-0.2, 0) is 0 Å². The van der Waals surface area contributed by atoms with Crippen molar-refractivity contribution >= 4 is 53.9 Å². The van der Waals surface area contributed by atoms with E-state index in [-0.39, 0.29) is 0 Å². The van der Waals surface area contributed by atoms with Gasteiger partial charge in [-0.15, -0.1) is 11.3 Å². The molecule has 0 atom stereocenters. The number of hydrogen-bond acceptors (Lipinski definition) is 5. The highest BCUT2D eigenvalue weighted by Gasteiger charge is 2.12. The standard InChI is InChI=1S/C20H22N2OS2/c1-3-4-5-6-7-12-23-20-22-19-15-8-10-16-18(21-13(2)24-16)14(15)9-11-17(19)25-20/h8-11H,3-7,12H2,1-2H3. The fourth-order valence-corrected chi connectivity index (χ4v) is 4.90. The minimum absolute atomic E-state index is 0.761. The maximum absolute atomic E-state index is 5.91. The number of aromatic nitrogens is 2. The summed E-state index contributed by atoms with van der Waals surface area (Å²) in [6.45, 7) is 5.06. The molecule has 5 heteroatoms. The SMILES string of the molecule is CCCCCCCOc1nc2c(ccc3c2ccc2sc(C)nc23)s1. The molecule has 0 aliphatic heterocycles. The van der Waals surface area contributed by atoms with Crippen molar-refractivity contribution in [1.29, 1.82) is 0 Å². The van der Waals surface area contributed by atoms with Gasteiger partial charge in [-0.25, -0.2) is 9.97 Å². The van der Waals surface area contributed by atoms with Crippen LogP contribution in [0.15, 0.2) is 24.3 Å². The van der Waals surface area contributed by atoms with Gasteiger partial charge in [0.15, 0.2) is 0 Å². The van der Waals surface area contributed by atoms with Gasteiger partial charge in [-0.05, 0) is 25.5 Å². The lowest BCUT2D eigenvalue weighted by molar-refractivity contribution is 0.303. The number of ether oxygens (including phenoxy) is 1. The van der Waals surface area contributed by atoms with E-state index in [9.17, 15) is 0 Å². The van der Waals surface area contributed by atoms with Crippen LogP contribution in [0.25, 0.3) is 31.2 Å². The summed E-state index contributed by atoms with van der Waals surface area (Å²) >= 11 is 3.38. The normalized spacial score (nSPS) is 11.8. The van der Waals surface area contributed by atoms with Crippen LogP contribution < -0.4 is 4.74 Å². The Bertz CT molecular complexity index is 1020. The molecule has 3 nitrogen and oxygen atoms in total. The van der Waals surface area contributed by atoms with Crippen molar-refractivity contribution in [3.8, 4) is 5.19 Å². The monoisotopic (exact) mass is 370 g/mol. The lowest BCUT2D eigenvalue weighted by atomic mass is 10.1. The molecule has 0 N–H and O–H groups in total. The predicted octanol–water partition coefficient (Wildman–Crippen LogP) is 6.72. The maximum atomic E-state index is 5.91. The molecule has 0 saturated heterocycles. The molecule has 0 unspecified atom stereocenters. The zero-order valence-electron chi connectivity index (χ0n) is 14.7. The molecule has 0 aliphatic rings. The van der Waals surface area contributed by atoms with Gasteiger partial charge in [-0.3, -0.25) is 0 Å². The number of unbranched alkanes of at least 4 members (excludes halogenated alkanes) is 4. The summed E-state index contributed by atoms with van der Waals surface area (Å²) in [5.74, 6) is 0. The number of aryl methyl sites for hydroxylation is 1. The molecule has 0 amide bonds. The van der Waals surface area contributed by atoms with Crippen molar-refractivity contribution < 1.29 is 4.74 Å². The molecule has 4 rings (SSSR count). The van der Waals surface area contributed by atoms with Crippen molar-refractivity contribution in [1.82, 2.24) is 9.97 Å². The highest BCUT2D eigenvalue weighted by Crippen LogP contribution is 2.36. The summed E-state index contributed by atoms with van der Waals surface area (Å²) in [5.41, 5.74) is 2.13. The molecule has 0 saturated carbocycles. The van der Waals surface area contributed by atoms with Crippen molar-refractivity contribution in [3.63, 3.8) is 0 Å². The molecule has 0 fully saturated rings. The first kappa shape index (κ1) is 16.7. The molecule has 0 spiro atoms. The highest BCUT2D eigenvalue weighted by atomic mass is 32.1. The zero-order valence-corrected chi connectivity index (χ0v) is 16.3. The Morgan fingerprint density at radius 1 is 0.840 bits per heavy atom. The van der Waals surface area contributed by atoms with Crippen LogP contribution in [0.2, 0.25) is 0 Å². The molecule has 0 radical (unpaired) electrons. The third-order valence-electron chi connectivity index (χ3n) is 4.47. The minimum Gasteiger partial charge on any atom is -0.470 e.